The Morgan fingerprint density at radius 1 is 1.11 bits per heavy atom. The first-order valence-corrected chi connectivity index (χ1v) is 9.36. The van der Waals surface area contributed by atoms with Crippen LogP contribution in [-0.2, 0) is 11.3 Å². The number of ether oxygens (including phenoxy) is 1. The van der Waals surface area contributed by atoms with Crippen molar-refractivity contribution in [3.05, 3.63) is 65.4 Å². The SMILES string of the molecule is Cc1ccc2cc(C(=O)N(C)Cc3ccc(N4CCOCC4)cc3)[nH]c2c1. The van der Waals surface area contributed by atoms with Crippen molar-refractivity contribution in [2.75, 3.05) is 38.3 Å². The van der Waals surface area contributed by atoms with Crippen molar-refractivity contribution in [2.24, 2.45) is 0 Å². The van der Waals surface area contributed by atoms with Crippen molar-refractivity contribution in [3.63, 3.8) is 0 Å². The minimum absolute atomic E-state index is 0.00103. The molecule has 0 aliphatic carbocycles. The number of morpholine rings is 1. The summed E-state index contributed by atoms with van der Waals surface area (Å²) in [5, 5.41) is 1.06. The Hall–Kier alpha value is -2.79. The first-order valence-electron chi connectivity index (χ1n) is 9.36. The highest BCUT2D eigenvalue weighted by atomic mass is 16.5. The number of fused-ring (bicyclic) bond motifs is 1. The van der Waals surface area contributed by atoms with Gasteiger partial charge in [-0.1, -0.05) is 24.3 Å². The van der Waals surface area contributed by atoms with Crippen LogP contribution in [0.1, 0.15) is 21.6 Å². The molecule has 0 radical (unpaired) electrons. The Kier molecular flexibility index (Phi) is 4.86. The lowest BCUT2D eigenvalue weighted by molar-refractivity contribution is 0.0780. The van der Waals surface area contributed by atoms with Crippen molar-refractivity contribution < 1.29 is 9.53 Å². The van der Waals surface area contributed by atoms with Crippen LogP contribution in [0.2, 0.25) is 0 Å². The monoisotopic (exact) mass is 363 g/mol. The molecular formula is C22H25N3O2. The van der Waals surface area contributed by atoms with Gasteiger partial charge in [0.05, 0.1) is 13.2 Å². The summed E-state index contributed by atoms with van der Waals surface area (Å²) in [5.74, 6) is 0.00103. The number of aromatic nitrogens is 1. The van der Waals surface area contributed by atoms with E-state index in [9.17, 15) is 4.79 Å². The van der Waals surface area contributed by atoms with E-state index in [0.29, 0.717) is 12.2 Å². The highest BCUT2D eigenvalue weighted by Crippen LogP contribution is 2.20. The largest absolute Gasteiger partial charge is 0.378 e. The van der Waals surface area contributed by atoms with Gasteiger partial charge in [0, 0.05) is 43.3 Å². The molecule has 27 heavy (non-hydrogen) atoms. The zero-order valence-electron chi connectivity index (χ0n) is 15.9. The summed E-state index contributed by atoms with van der Waals surface area (Å²) in [6, 6.07) is 16.6. The third-order valence-electron chi connectivity index (χ3n) is 5.09. The molecule has 1 aliphatic rings. The third kappa shape index (κ3) is 3.83. The van der Waals surface area contributed by atoms with E-state index in [2.05, 4.69) is 53.2 Å². The van der Waals surface area contributed by atoms with Crippen molar-refractivity contribution in [3.8, 4) is 0 Å². The predicted molar refractivity (Wildman–Crippen MR) is 108 cm³/mol. The molecule has 1 amide bonds. The van der Waals surface area contributed by atoms with Crippen LogP contribution < -0.4 is 4.90 Å². The first-order chi connectivity index (χ1) is 13.1. The lowest BCUT2D eigenvalue weighted by Gasteiger charge is -2.29. The van der Waals surface area contributed by atoms with E-state index in [1.165, 1.54) is 11.3 Å². The maximum absolute atomic E-state index is 12.8. The maximum Gasteiger partial charge on any atom is 0.270 e. The van der Waals surface area contributed by atoms with Crippen molar-refractivity contribution in [1.82, 2.24) is 9.88 Å². The Bertz CT molecular complexity index is 940. The minimum Gasteiger partial charge on any atom is -0.378 e. The van der Waals surface area contributed by atoms with Gasteiger partial charge in [0.2, 0.25) is 0 Å². The van der Waals surface area contributed by atoms with E-state index in [1.54, 1.807) is 4.90 Å². The molecule has 0 bridgehead atoms. The van der Waals surface area contributed by atoms with Crippen LogP contribution in [0.25, 0.3) is 10.9 Å². The number of nitrogens with zero attached hydrogens (tertiary/aromatic N) is 2. The van der Waals surface area contributed by atoms with Crippen LogP contribution in [0.15, 0.2) is 48.5 Å². The molecule has 1 saturated heterocycles. The van der Waals surface area contributed by atoms with Crippen molar-refractivity contribution in [1.29, 1.82) is 0 Å². The number of hydrogen-bond donors (Lipinski definition) is 1. The number of H-pyrrole nitrogens is 1. The van der Waals surface area contributed by atoms with Crippen LogP contribution in [0.4, 0.5) is 5.69 Å². The number of rotatable bonds is 4. The van der Waals surface area contributed by atoms with E-state index in [4.69, 9.17) is 4.74 Å². The minimum atomic E-state index is 0.00103. The molecule has 5 nitrogen and oxygen atoms in total. The number of aryl methyl sites for hydroxylation is 1. The number of carbonyl (C=O) groups is 1. The fraction of sp³-hybridized carbons (Fsp3) is 0.318. The van der Waals surface area contributed by atoms with Gasteiger partial charge in [-0.15, -0.1) is 0 Å². The molecule has 0 spiro atoms. The number of hydrogen-bond acceptors (Lipinski definition) is 3. The van der Waals surface area contributed by atoms with E-state index < -0.39 is 0 Å². The van der Waals surface area contributed by atoms with Gasteiger partial charge in [0.1, 0.15) is 5.69 Å². The lowest BCUT2D eigenvalue weighted by atomic mass is 10.1. The lowest BCUT2D eigenvalue weighted by Crippen LogP contribution is -2.36. The molecule has 140 valence electrons. The second-order valence-electron chi connectivity index (χ2n) is 7.20. The second-order valence-corrected chi connectivity index (χ2v) is 7.20. The molecule has 1 aromatic heterocycles. The number of nitrogens with one attached hydrogen (secondary N) is 1. The van der Waals surface area contributed by atoms with Gasteiger partial charge >= 0.3 is 0 Å². The summed E-state index contributed by atoms with van der Waals surface area (Å²) >= 11 is 0. The fourth-order valence-corrected chi connectivity index (χ4v) is 3.54. The summed E-state index contributed by atoms with van der Waals surface area (Å²) in [6.45, 7) is 6.05. The number of anilines is 1. The normalized spacial score (nSPS) is 14.5. The molecule has 0 unspecified atom stereocenters. The Balaban J connectivity index is 1.44. The van der Waals surface area contributed by atoms with Gasteiger partial charge in [-0.2, -0.15) is 0 Å². The quantitative estimate of drug-likeness (QED) is 0.771. The van der Waals surface area contributed by atoms with Gasteiger partial charge in [-0.05, 0) is 42.3 Å². The van der Waals surface area contributed by atoms with Crippen LogP contribution in [-0.4, -0.2) is 49.1 Å². The standard InChI is InChI=1S/C22H25N3O2/c1-16-3-6-18-14-21(23-20(18)13-16)22(26)24(2)15-17-4-7-19(8-5-17)25-9-11-27-12-10-25/h3-8,13-14,23H,9-12,15H2,1-2H3. The van der Waals surface area contributed by atoms with Gasteiger partial charge in [0.25, 0.3) is 5.91 Å². The maximum atomic E-state index is 12.8. The highest BCUT2D eigenvalue weighted by molar-refractivity contribution is 5.98. The Labute approximate surface area is 159 Å². The molecule has 0 saturated carbocycles. The molecule has 1 fully saturated rings. The predicted octanol–water partition coefficient (Wildman–Crippen LogP) is 3.59. The second kappa shape index (κ2) is 7.45. The Morgan fingerprint density at radius 3 is 2.59 bits per heavy atom. The molecule has 1 aliphatic heterocycles. The third-order valence-corrected chi connectivity index (χ3v) is 5.09. The number of amides is 1. The van der Waals surface area contributed by atoms with E-state index >= 15 is 0 Å². The zero-order valence-corrected chi connectivity index (χ0v) is 15.9. The summed E-state index contributed by atoms with van der Waals surface area (Å²) < 4.78 is 5.41. The van der Waals surface area contributed by atoms with Gasteiger partial charge < -0.3 is 19.5 Å². The van der Waals surface area contributed by atoms with Crippen LogP contribution in [0, 0.1) is 6.92 Å². The molecule has 2 aromatic carbocycles. The average molecular weight is 363 g/mol. The fourth-order valence-electron chi connectivity index (χ4n) is 3.54. The van der Waals surface area contributed by atoms with Crippen LogP contribution in [0.5, 0.6) is 0 Å². The highest BCUT2D eigenvalue weighted by Gasteiger charge is 2.15. The zero-order chi connectivity index (χ0) is 18.8. The average Bonchev–Trinajstić information content (AvgIpc) is 3.11. The van der Waals surface area contributed by atoms with E-state index in [0.717, 1.165) is 42.8 Å². The van der Waals surface area contributed by atoms with Gasteiger partial charge in [-0.25, -0.2) is 0 Å². The summed E-state index contributed by atoms with van der Waals surface area (Å²) in [4.78, 5) is 20.1. The summed E-state index contributed by atoms with van der Waals surface area (Å²) in [5.41, 5.74) is 5.14. The van der Waals surface area contributed by atoms with Crippen molar-refractivity contribution in [2.45, 2.75) is 13.5 Å². The van der Waals surface area contributed by atoms with Gasteiger partial charge in [-0.3, -0.25) is 4.79 Å². The van der Waals surface area contributed by atoms with Crippen LogP contribution >= 0.6 is 0 Å². The summed E-state index contributed by atoms with van der Waals surface area (Å²) in [6.07, 6.45) is 0. The number of aromatic amines is 1. The summed E-state index contributed by atoms with van der Waals surface area (Å²) in [7, 11) is 1.84. The molecular weight excluding hydrogens is 338 g/mol. The van der Waals surface area contributed by atoms with Gasteiger partial charge in [0.15, 0.2) is 0 Å². The Morgan fingerprint density at radius 2 is 1.85 bits per heavy atom. The topological polar surface area (TPSA) is 48.6 Å². The molecule has 1 N–H and O–H groups in total. The number of benzene rings is 2. The smallest absolute Gasteiger partial charge is 0.270 e. The molecule has 5 heteroatoms. The van der Waals surface area contributed by atoms with E-state index in [-0.39, 0.29) is 5.91 Å². The molecule has 2 heterocycles. The van der Waals surface area contributed by atoms with Crippen molar-refractivity contribution >= 4 is 22.5 Å². The van der Waals surface area contributed by atoms with E-state index in [1.807, 2.05) is 19.2 Å². The molecule has 0 atom stereocenters. The molecule has 4 rings (SSSR count). The molecule has 3 aromatic rings. The van der Waals surface area contributed by atoms with Crippen LogP contribution in [0.3, 0.4) is 0 Å². The number of carbonyl (C=O) groups excluding carboxylic acids is 1. The first kappa shape index (κ1) is 17.6.